The lowest BCUT2D eigenvalue weighted by Crippen LogP contribution is -2.63. The molecule has 29 heavy (non-hydrogen) atoms. The van der Waals surface area contributed by atoms with Crippen LogP contribution in [0, 0.1) is 5.82 Å². The number of methoxy groups -OCH3 is 1. The number of hydrogen-bond acceptors (Lipinski definition) is 4. The van der Waals surface area contributed by atoms with Crippen LogP contribution in [0.4, 0.5) is 4.39 Å². The van der Waals surface area contributed by atoms with E-state index in [9.17, 15) is 14.0 Å². The summed E-state index contributed by atoms with van der Waals surface area (Å²) in [6, 6.07) is 13.0. The first kappa shape index (κ1) is 19.8. The minimum Gasteiger partial charge on any atom is -0.497 e. The number of thioether (sulfide) groups is 1. The Morgan fingerprint density at radius 1 is 1.10 bits per heavy atom. The van der Waals surface area contributed by atoms with Crippen LogP contribution in [-0.2, 0) is 21.8 Å². The number of fused-ring (bicyclic) bond motifs is 1. The zero-order chi connectivity index (χ0) is 20.4. The van der Waals surface area contributed by atoms with Crippen molar-refractivity contribution in [1.82, 2.24) is 10.2 Å². The maximum atomic E-state index is 13.1. The highest BCUT2D eigenvalue weighted by molar-refractivity contribution is 7.99. The second kappa shape index (κ2) is 8.45. The average molecular weight is 415 g/mol. The highest BCUT2D eigenvalue weighted by Gasteiger charge is 2.48. The van der Waals surface area contributed by atoms with Crippen LogP contribution in [0.3, 0.4) is 0 Å². The van der Waals surface area contributed by atoms with Gasteiger partial charge >= 0.3 is 0 Å². The van der Waals surface area contributed by atoms with Gasteiger partial charge in [-0.1, -0.05) is 24.3 Å². The molecule has 0 aliphatic carbocycles. The van der Waals surface area contributed by atoms with Gasteiger partial charge in [0.05, 0.1) is 7.11 Å². The monoisotopic (exact) mass is 414 g/mol. The van der Waals surface area contributed by atoms with Gasteiger partial charge in [-0.15, -0.1) is 0 Å². The van der Waals surface area contributed by atoms with Crippen LogP contribution in [-0.4, -0.2) is 47.7 Å². The molecule has 2 aliphatic heterocycles. The van der Waals surface area contributed by atoms with Gasteiger partial charge in [-0.25, -0.2) is 4.39 Å². The predicted octanol–water partition coefficient (Wildman–Crippen LogP) is 2.78. The Kier molecular flexibility index (Phi) is 5.76. The first-order valence-electron chi connectivity index (χ1n) is 9.65. The van der Waals surface area contributed by atoms with E-state index in [2.05, 4.69) is 5.32 Å². The van der Waals surface area contributed by atoms with E-state index >= 15 is 0 Å². The SMILES string of the molecule is COc1ccc(CC2NC(=O)C3C(SCc4ccc(F)cc4)CCN3C2=O)cc1. The highest BCUT2D eigenvalue weighted by Crippen LogP contribution is 2.34. The normalized spacial score (nSPS) is 23.7. The number of piperazine rings is 1. The molecule has 2 aliphatic rings. The van der Waals surface area contributed by atoms with Crippen molar-refractivity contribution in [2.24, 2.45) is 0 Å². The molecule has 3 atom stereocenters. The molecule has 2 aromatic carbocycles. The Hall–Kier alpha value is -2.54. The molecule has 0 bridgehead atoms. The fraction of sp³-hybridized carbons (Fsp3) is 0.364. The van der Waals surface area contributed by atoms with E-state index in [0.717, 1.165) is 23.3 Å². The standard InChI is InChI=1S/C22H23FN2O3S/c1-28-17-8-4-14(5-9-17)12-18-22(27)25-11-10-19(20(25)21(26)24-18)29-13-15-2-6-16(23)7-3-15/h2-9,18-20H,10-13H2,1H3,(H,24,26). The summed E-state index contributed by atoms with van der Waals surface area (Å²) < 4.78 is 18.2. The summed E-state index contributed by atoms with van der Waals surface area (Å²) in [5.41, 5.74) is 1.99. The number of carbonyl (C=O) groups is 2. The molecule has 0 saturated carbocycles. The van der Waals surface area contributed by atoms with E-state index < -0.39 is 12.1 Å². The van der Waals surface area contributed by atoms with Gasteiger partial charge in [-0.05, 0) is 41.8 Å². The van der Waals surface area contributed by atoms with Crippen molar-refractivity contribution in [2.45, 2.75) is 35.9 Å². The molecule has 3 unspecified atom stereocenters. The molecule has 2 heterocycles. The first-order chi connectivity index (χ1) is 14.0. The molecule has 0 spiro atoms. The molecule has 4 rings (SSSR count). The van der Waals surface area contributed by atoms with E-state index in [1.165, 1.54) is 12.1 Å². The minimum absolute atomic E-state index is 0.0182. The molecule has 5 nitrogen and oxygen atoms in total. The van der Waals surface area contributed by atoms with Gasteiger partial charge in [0, 0.05) is 24.0 Å². The number of hydrogen-bond donors (Lipinski definition) is 1. The maximum absolute atomic E-state index is 13.1. The third kappa shape index (κ3) is 4.24. The van der Waals surface area contributed by atoms with Crippen LogP contribution in [0.5, 0.6) is 5.75 Å². The van der Waals surface area contributed by atoms with Gasteiger partial charge in [-0.3, -0.25) is 9.59 Å². The zero-order valence-electron chi connectivity index (χ0n) is 16.1. The average Bonchev–Trinajstić information content (AvgIpc) is 3.17. The van der Waals surface area contributed by atoms with Gasteiger partial charge in [0.15, 0.2) is 0 Å². The highest BCUT2D eigenvalue weighted by atomic mass is 32.2. The van der Waals surface area contributed by atoms with Crippen molar-refractivity contribution in [3.05, 3.63) is 65.5 Å². The van der Waals surface area contributed by atoms with E-state index in [-0.39, 0.29) is 22.9 Å². The Labute approximate surface area is 173 Å². The third-order valence-electron chi connectivity index (χ3n) is 5.48. The molecule has 2 saturated heterocycles. The zero-order valence-corrected chi connectivity index (χ0v) is 17.0. The van der Waals surface area contributed by atoms with Crippen LogP contribution in [0.2, 0.25) is 0 Å². The number of rotatable bonds is 6. The summed E-state index contributed by atoms with van der Waals surface area (Å²) in [5, 5.41) is 2.97. The fourth-order valence-electron chi connectivity index (χ4n) is 3.93. The summed E-state index contributed by atoms with van der Waals surface area (Å²) in [6.07, 6.45) is 1.25. The van der Waals surface area contributed by atoms with Crippen molar-refractivity contribution in [3.63, 3.8) is 0 Å². The topological polar surface area (TPSA) is 58.6 Å². The van der Waals surface area contributed by atoms with Crippen molar-refractivity contribution >= 4 is 23.6 Å². The fourth-order valence-corrected chi connectivity index (χ4v) is 5.26. The quantitative estimate of drug-likeness (QED) is 0.790. The van der Waals surface area contributed by atoms with Gasteiger partial charge in [0.25, 0.3) is 0 Å². The van der Waals surface area contributed by atoms with E-state index in [1.54, 1.807) is 35.9 Å². The molecule has 1 N–H and O–H groups in total. The van der Waals surface area contributed by atoms with Crippen LogP contribution in [0.1, 0.15) is 17.5 Å². The lowest BCUT2D eigenvalue weighted by atomic mass is 10.0. The first-order valence-corrected chi connectivity index (χ1v) is 10.7. The van der Waals surface area contributed by atoms with Gasteiger partial charge < -0.3 is 15.0 Å². The number of carbonyl (C=O) groups excluding carboxylic acids is 2. The summed E-state index contributed by atoms with van der Waals surface area (Å²) in [4.78, 5) is 27.5. The number of amides is 2. The number of benzene rings is 2. The summed E-state index contributed by atoms with van der Waals surface area (Å²) in [7, 11) is 1.61. The molecule has 152 valence electrons. The lowest BCUT2D eigenvalue weighted by Gasteiger charge is -2.36. The van der Waals surface area contributed by atoms with Crippen molar-refractivity contribution < 1.29 is 18.7 Å². The number of nitrogens with zero attached hydrogens (tertiary/aromatic N) is 1. The smallest absolute Gasteiger partial charge is 0.246 e. The molecule has 2 amide bonds. The molecule has 7 heteroatoms. The third-order valence-corrected chi connectivity index (χ3v) is 6.91. The van der Waals surface area contributed by atoms with Crippen LogP contribution >= 0.6 is 11.8 Å². The summed E-state index contributed by atoms with van der Waals surface area (Å²) >= 11 is 1.65. The molecule has 2 fully saturated rings. The molecular weight excluding hydrogens is 391 g/mol. The Morgan fingerprint density at radius 3 is 2.48 bits per heavy atom. The Balaban J connectivity index is 1.39. The van der Waals surface area contributed by atoms with Crippen LogP contribution in [0.25, 0.3) is 0 Å². The Morgan fingerprint density at radius 2 is 1.79 bits per heavy atom. The van der Waals surface area contributed by atoms with Crippen molar-refractivity contribution in [3.8, 4) is 5.75 Å². The van der Waals surface area contributed by atoms with E-state index in [4.69, 9.17) is 4.74 Å². The largest absolute Gasteiger partial charge is 0.497 e. The van der Waals surface area contributed by atoms with Gasteiger partial charge in [-0.2, -0.15) is 11.8 Å². The second-order valence-electron chi connectivity index (χ2n) is 7.35. The molecule has 2 aromatic rings. The number of ether oxygens (including phenoxy) is 1. The van der Waals surface area contributed by atoms with E-state index in [0.29, 0.717) is 18.7 Å². The van der Waals surface area contributed by atoms with Crippen LogP contribution < -0.4 is 10.1 Å². The molecular formula is C22H23FN2O3S. The van der Waals surface area contributed by atoms with Crippen molar-refractivity contribution in [2.75, 3.05) is 13.7 Å². The second-order valence-corrected chi connectivity index (χ2v) is 8.58. The summed E-state index contributed by atoms with van der Waals surface area (Å²) in [5.74, 6) is 1.08. The van der Waals surface area contributed by atoms with E-state index in [1.807, 2.05) is 24.3 Å². The number of halogens is 1. The maximum Gasteiger partial charge on any atom is 0.246 e. The number of nitrogens with one attached hydrogen (secondary N) is 1. The van der Waals surface area contributed by atoms with Gasteiger partial charge in [0.2, 0.25) is 11.8 Å². The predicted molar refractivity (Wildman–Crippen MR) is 110 cm³/mol. The van der Waals surface area contributed by atoms with Gasteiger partial charge in [0.1, 0.15) is 23.7 Å². The Bertz CT molecular complexity index is 888. The minimum atomic E-state index is -0.534. The molecule has 0 aromatic heterocycles. The summed E-state index contributed by atoms with van der Waals surface area (Å²) in [6.45, 7) is 0.594. The molecule has 0 radical (unpaired) electrons. The lowest BCUT2D eigenvalue weighted by molar-refractivity contribution is -0.146. The van der Waals surface area contributed by atoms with Crippen LogP contribution in [0.15, 0.2) is 48.5 Å². The van der Waals surface area contributed by atoms with Crippen molar-refractivity contribution in [1.29, 1.82) is 0 Å².